The second kappa shape index (κ2) is 12.1. The number of carbonyl (C=O) groups excluding carboxylic acids is 3. The third-order valence-corrected chi connectivity index (χ3v) is 5.39. The van der Waals surface area contributed by atoms with Gasteiger partial charge in [0.25, 0.3) is 5.91 Å². The predicted octanol–water partition coefficient (Wildman–Crippen LogP) is 4.20. The van der Waals surface area contributed by atoms with Crippen molar-refractivity contribution in [2.75, 3.05) is 19.0 Å². The summed E-state index contributed by atoms with van der Waals surface area (Å²) in [5.74, 6) is -0.443. The van der Waals surface area contributed by atoms with Gasteiger partial charge in [-0.05, 0) is 78.3 Å². The van der Waals surface area contributed by atoms with Crippen molar-refractivity contribution in [1.29, 1.82) is 0 Å². The molecule has 9 nitrogen and oxygen atoms in total. The molecule has 0 saturated carbocycles. The third kappa shape index (κ3) is 8.49. The molecule has 2 atom stereocenters. The molecule has 3 amide bonds. The minimum absolute atomic E-state index is 0.453. The number of benzene rings is 2. The molecule has 0 saturated heterocycles. The van der Waals surface area contributed by atoms with Gasteiger partial charge in [0.1, 0.15) is 23.4 Å². The van der Waals surface area contributed by atoms with Gasteiger partial charge in [-0.25, -0.2) is 4.79 Å². The van der Waals surface area contributed by atoms with E-state index < -0.39 is 47.7 Å². The Morgan fingerprint density at radius 2 is 1.51 bits per heavy atom. The third-order valence-electron chi connectivity index (χ3n) is 5.39. The molecule has 0 radical (unpaired) electrons. The fourth-order valence-corrected chi connectivity index (χ4v) is 3.70. The van der Waals surface area contributed by atoms with Crippen LogP contribution in [0.4, 0.5) is 10.5 Å². The van der Waals surface area contributed by atoms with Gasteiger partial charge >= 0.3 is 6.09 Å². The highest BCUT2D eigenvalue weighted by atomic mass is 16.6. The molecule has 37 heavy (non-hydrogen) atoms. The molecule has 2 aromatic carbocycles. The zero-order chi connectivity index (χ0) is 28.0. The molecule has 2 aromatic rings. The summed E-state index contributed by atoms with van der Waals surface area (Å²) in [6.45, 7) is 11.7. The minimum atomic E-state index is -1.32. The van der Waals surface area contributed by atoms with Crippen molar-refractivity contribution in [3.8, 4) is 5.75 Å². The number of aliphatic hydroxyl groups is 1. The van der Waals surface area contributed by atoms with Gasteiger partial charge in [-0.2, -0.15) is 0 Å². The monoisotopic (exact) mass is 513 g/mol. The first-order chi connectivity index (χ1) is 17.2. The van der Waals surface area contributed by atoms with Crippen LogP contribution in [0.15, 0.2) is 48.5 Å². The van der Waals surface area contributed by atoms with Crippen LogP contribution in [0.5, 0.6) is 5.75 Å². The van der Waals surface area contributed by atoms with E-state index in [1.165, 1.54) is 4.90 Å². The Labute approximate surface area is 219 Å². The number of amides is 3. The zero-order valence-corrected chi connectivity index (χ0v) is 22.9. The van der Waals surface area contributed by atoms with Gasteiger partial charge in [0, 0.05) is 11.2 Å². The van der Waals surface area contributed by atoms with E-state index in [4.69, 9.17) is 9.47 Å². The fourth-order valence-electron chi connectivity index (χ4n) is 3.70. The molecule has 0 heterocycles. The van der Waals surface area contributed by atoms with Gasteiger partial charge in [-0.1, -0.05) is 29.8 Å². The Balaban J connectivity index is 2.49. The number of nitrogens with zero attached hydrogens (tertiary/aromatic N) is 1. The van der Waals surface area contributed by atoms with Crippen molar-refractivity contribution in [2.45, 2.75) is 71.7 Å². The number of nitrogens with one attached hydrogen (secondary N) is 2. The summed E-state index contributed by atoms with van der Waals surface area (Å²) in [6, 6.07) is 11.7. The smallest absolute Gasteiger partial charge is 0.408 e. The normalized spacial score (nSPS) is 13.2. The Morgan fingerprint density at radius 1 is 0.946 bits per heavy atom. The van der Waals surface area contributed by atoms with Crippen LogP contribution in [0, 0.1) is 6.92 Å². The Hall–Kier alpha value is -3.59. The average Bonchev–Trinajstić information content (AvgIpc) is 2.79. The van der Waals surface area contributed by atoms with Crippen LogP contribution in [0.3, 0.4) is 0 Å². The van der Waals surface area contributed by atoms with Gasteiger partial charge < -0.3 is 30.1 Å². The summed E-state index contributed by atoms with van der Waals surface area (Å²) in [7, 11) is 1.55. The lowest BCUT2D eigenvalue weighted by Crippen LogP contribution is -2.59. The van der Waals surface area contributed by atoms with Gasteiger partial charge in [0.15, 0.2) is 0 Å². The number of alkyl carbamates (subject to hydrolysis) is 1. The summed E-state index contributed by atoms with van der Waals surface area (Å²) in [5.41, 5.74) is 0.432. The topological polar surface area (TPSA) is 117 Å². The second-order valence-corrected chi connectivity index (χ2v) is 10.8. The summed E-state index contributed by atoms with van der Waals surface area (Å²) in [5, 5.41) is 15.4. The van der Waals surface area contributed by atoms with Crippen molar-refractivity contribution in [2.24, 2.45) is 0 Å². The maximum absolute atomic E-state index is 13.8. The van der Waals surface area contributed by atoms with Crippen molar-refractivity contribution in [1.82, 2.24) is 10.2 Å². The number of anilines is 1. The maximum atomic E-state index is 13.8. The van der Waals surface area contributed by atoms with Crippen molar-refractivity contribution < 1.29 is 29.0 Å². The summed E-state index contributed by atoms with van der Waals surface area (Å²) >= 11 is 0. The number of ether oxygens (including phenoxy) is 2. The average molecular weight is 514 g/mol. The van der Waals surface area contributed by atoms with E-state index in [1.54, 1.807) is 85.1 Å². The largest absolute Gasteiger partial charge is 0.497 e. The standard InChI is InChI=1S/C28H39N3O6/c1-18-9-11-19(12-10-18)23(24(33)29-20-13-15-21(36-8)16-14-20)31(27(2,3)4)25(34)22(17-32)30-26(35)37-28(5,6)7/h9-16,22-23,32H,17H2,1-8H3,(H,29,33)(H,30,35). The number of aryl methyl sites for hydroxylation is 1. The molecule has 9 heteroatoms. The van der Waals surface area contributed by atoms with E-state index in [9.17, 15) is 19.5 Å². The van der Waals surface area contributed by atoms with E-state index in [0.29, 0.717) is 17.0 Å². The lowest BCUT2D eigenvalue weighted by atomic mass is 9.95. The molecule has 2 rings (SSSR count). The van der Waals surface area contributed by atoms with E-state index >= 15 is 0 Å². The first kappa shape index (κ1) is 29.6. The minimum Gasteiger partial charge on any atom is -0.497 e. The Bertz CT molecular complexity index is 1070. The number of hydrogen-bond acceptors (Lipinski definition) is 6. The number of carbonyl (C=O) groups is 3. The first-order valence-electron chi connectivity index (χ1n) is 12.1. The van der Waals surface area contributed by atoms with Crippen LogP contribution >= 0.6 is 0 Å². The predicted molar refractivity (Wildman–Crippen MR) is 142 cm³/mol. The van der Waals surface area contributed by atoms with Crippen LogP contribution in [-0.4, -0.2) is 58.8 Å². The number of aliphatic hydroxyl groups excluding tert-OH is 1. The molecule has 2 unspecified atom stereocenters. The highest BCUT2D eigenvalue weighted by molar-refractivity contribution is 5.99. The summed E-state index contributed by atoms with van der Waals surface area (Å²) < 4.78 is 10.5. The molecule has 202 valence electrons. The van der Waals surface area contributed by atoms with Gasteiger partial charge in [-0.3, -0.25) is 9.59 Å². The van der Waals surface area contributed by atoms with E-state index in [1.807, 2.05) is 19.1 Å². The molecular formula is C28H39N3O6. The quantitative estimate of drug-likeness (QED) is 0.487. The van der Waals surface area contributed by atoms with Crippen LogP contribution in [-0.2, 0) is 14.3 Å². The molecule has 0 fully saturated rings. The van der Waals surface area contributed by atoms with Crippen LogP contribution < -0.4 is 15.4 Å². The number of methoxy groups -OCH3 is 1. The lowest BCUT2D eigenvalue weighted by Gasteiger charge is -2.42. The highest BCUT2D eigenvalue weighted by Crippen LogP contribution is 2.31. The van der Waals surface area contributed by atoms with E-state index in [2.05, 4.69) is 10.6 Å². The van der Waals surface area contributed by atoms with Gasteiger partial charge in [0.05, 0.1) is 13.7 Å². The van der Waals surface area contributed by atoms with E-state index in [-0.39, 0.29) is 0 Å². The number of rotatable bonds is 8. The molecule has 0 aliphatic rings. The maximum Gasteiger partial charge on any atom is 0.408 e. The second-order valence-electron chi connectivity index (χ2n) is 10.8. The first-order valence-corrected chi connectivity index (χ1v) is 12.1. The van der Waals surface area contributed by atoms with Crippen molar-refractivity contribution in [3.63, 3.8) is 0 Å². The molecule has 0 aliphatic carbocycles. The molecule has 0 bridgehead atoms. The summed E-state index contributed by atoms with van der Waals surface area (Å²) in [6.07, 6.45) is -0.844. The Morgan fingerprint density at radius 3 is 1.97 bits per heavy atom. The van der Waals surface area contributed by atoms with E-state index in [0.717, 1.165) is 5.56 Å². The van der Waals surface area contributed by atoms with Crippen LogP contribution in [0.1, 0.15) is 58.7 Å². The summed E-state index contributed by atoms with van der Waals surface area (Å²) in [4.78, 5) is 41.4. The molecule has 3 N–H and O–H groups in total. The Kier molecular flexibility index (Phi) is 9.69. The fraction of sp³-hybridized carbons (Fsp3) is 0.464. The number of hydrogen-bond donors (Lipinski definition) is 3. The molecule has 0 aliphatic heterocycles. The van der Waals surface area contributed by atoms with Crippen LogP contribution in [0.25, 0.3) is 0 Å². The van der Waals surface area contributed by atoms with Crippen LogP contribution in [0.2, 0.25) is 0 Å². The van der Waals surface area contributed by atoms with Crippen molar-refractivity contribution in [3.05, 3.63) is 59.7 Å². The van der Waals surface area contributed by atoms with Gasteiger partial charge in [-0.15, -0.1) is 0 Å². The van der Waals surface area contributed by atoms with Crippen molar-refractivity contribution >= 4 is 23.6 Å². The lowest BCUT2D eigenvalue weighted by molar-refractivity contribution is -0.147. The van der Waals surface area contributed by atoms with Gasteiger partial charge in [0.2, 0.25) is 5.91 Å². The molecule has 0 spiro atoms. The SMILES string of the molecule is COc1ccc(NC(=O)C(c2ccc(C)cc2)N(C(=O)C(CO)NC(=O)OC(C)(C)C)C(C)(C)C)cc1. The molecule has 0 aromatic heterocycles. The highest BCUT2D eigenvalue weighted by Gasteiger charge is 2.41. The molecular weight excluding hydrogens is 474 g/mol. The zero-order valence-electron chi connectivity index (χ0n) is 22.9.